The molecule has 33 heavy (non-hydrogen) atoms. The molecule has 0 aliphatic carbocycles. The van der Waals surface area contributed by atoms with E-state index in [4.69, 9.17) is 4.74 Å². The summed E-state index contributed by atoms with van der Waals surface area (Å²) in [6, 6.07) is 12.9. The number of carbonyl (C=O) groups is 1. The molecule has 0 atom stereocenters. The van der Waals surface area contributed by atoms with Gasteiger partial charge in [0, 0.05) is 38.8 Å². The fourth-order valence-corrected chi connectivity index (χ4v) is 3.56. The van der Waals surface area contributed by atoms with Gasteiger partial charge in [-0.3, -0.25) is 4.79 Å². The van der Waals surface area contributed by atoms with Crippen molar-refractivity contribution in [3.63, 3.8) is 0 Å². The molecule has 1 saturated heterocycles. The van der Waals surface area contributed by atoms with Gasteiger partial charge in [-0.2, -0.15) is 0 Å². The van der Waals surface area contributed by atoms with E-state index in [0.29, 0.717) is 56.6 Å². The number of carbonyl (C=O) groups excluding carboxylic acids is 1. The Kier molecular flexibility index (Phi) is 11.4. The van der Waals surface area contributed by atoms with Crippen LogP contribution in [0, 0.1) is 5.82 Å². The highest BCUT2D eigenvalue weighted by Gasteiger charge is 2.15. The molecule has 1 aliphatic heterocycles. The van der Waals surface area contributed by atoms with Crippen molar-refractivity contribution in [2.24, 2.45) is 4.99 Å². The van der Waals surface area contributed by atoms with Crippen LogP contribution < -0.4 is 20.9 Å². The second-order valence-electron chi connectivity index (χ2n) is 7.54. The van der Waals surface area contributed by atoms with E-state index < -0.39 is 0 Å². The molecule has 3 rings (SSSR count). The van der Waals surface area contributed by atoms with Crippen LogP contribution in [0.15, 0.2) is 47.5 Å². The number of rotatable bonds is 8. The summed E-state index contributed by atoms with van der Waals surface area (Å²) < 4.78 is 20.0. The SMILES string of the molecule is CCNC(=NCc1ccc(N2CCOCC2)c(F)c1)NCCc1cccc(C(=O)NC)c1.I. The fourth-order valence-electron chi connectivity index (χ4n) is 3.56. The van der Waals surface area contributed by atoms with Crippen molar-refractivity contribution in [1.29, 1.82) is 0 Å². The van der Waals surface area contributed by atoms with Gasteiger partial charge in [0.2, 0.25) is 0 Å². The third-order valence-electron chi connectivity index (χ3n) is 5.25. The first-order valence-corrected chi connectivity index (χ1v) is 11.0. The number of anilines is 1. The summed E-state index contributed by atoms with van der Waals surface area (Å²) in [4.78, 5) is 18.4. The van der Waals surface area contributed by atoms with E-state index in [9.17, 15) is 9.18 Å². The Morgan fingerprint density at radius 3 is 2.61 bits per heavy atom. The highest BCUT2D eigenvalue weighted by Crippen LogP contribution is 2.22. The molecule has 0 saturated carbocycles. The van der Waals surface area contributed by atoms with Crippen molar-refractivity contribution < 1.29 is 13.9 Å². The molecule has 0 spiro atoms. The molecule has 1 amide bonds. The van der Waals surface area contributed by atoms with Gasteiger partial charge in [0.05, 0.1) is 25.4 Å². The van der Waals surface area contributed by atoms with Crippen molar-refractivity contribution in [3.05, 3.63) is 65.0 Å². The number of guanidine groups is 1. The smallest absolute Gasteiger partial charge is 0.251 e. The molecule has 180 valence electrons. The van der Waals surface area contributed by atoms with Crippen LogP contribution in [0.2, 0.25) is 0 Å². The zero-order valence-corrected chi connectivity index (χ0v) is 21.5. The van der Waals surface area contributed by atoms with Crippen LogP contribution in [0.25, 0.3) is 0 Å². The van der Waals surface area contributed by atoms with Gasteiger partial charge in [-0.25, -0.2) is 9.38 Å². The van der Waals surface area contributed by atoms with Crippen molar-refractivity contribution in [1.82, 2.24) is 16.0 Å². The van der Waals surface area contributed by atoms with Crippen LogP contribution in [-0.4, -0.2) is 58.3 Å². The van der Waals surface area contributed by atoms with Crippen LogP contribution in [0.5, 0.6) is 0 Å². The first-order chi connectivity index (χ1) is 15.6. The Hall–Kier alpha value is -2.40. The maximum Gasteiger partial charge on any atom is 0.251 e. The summed E-state index contributed by atoms with van der Waals surface area (Å²) >= 11 is 0. The minimum atomic E-state index is -0.228. The van der Waals surface area contributed by atoms with Crippen LogP contribution in [-0.2, 0) is 17.7 Å². The standard InChI is InChI=1S/C24H32FN5O2.HI/c1-3-27-24(28-10-9-18-5-4-6-20(15-18)23(31)26-2)29-17-19-7-8-22(21(25)16-19)30-11-13-32-14-12-30;/h4-8,15-16H,3,9-14,17H2,1-2H3,(H,26,31)(H2,27,28,29);1H. The number of benzene rings is 2. The second-order valence-corrected chi connectivity index (χ2v) is 7.54. The Balaban J connectivity index is 0.00000385. The van der Waals surface area contributed by atoms with Crippen molar-refractivity contribution in [2.75, 3.05) is 51.3 Å². The molecule has 9 heteroatoms. The number of halogens is 2. The summed E-state index contributed by atoms with van der Waals surface area (Å²) in [5.74, 6) is 0.350. The number of hydrogen-bond donors (Lipinski definition) is 3. The second kappa shape index (κ2) is 14.0. The predicted octanol–water partition coefficient (Wildman–Crippen LogP) is 2.94. The van der Waals surface area contributed by atoms with E-state index in [0.717, 1.165) is 24.1 Å². The van der Waals surface area contributed by atoms with Gasteiger partial charge in [-0.05, 0) is 48.7 Å². The maximum atomic E-state index is 14.6. The average molecular weight is 569 g/mol. The molecule has 2 aromatic rings. The van der Waals surface area contributed by atoms with Gasteiger partial charge >= 0.3 is 0 Å². The number of nitrogens with zero attached hydrogens (tertiary/aromatic N) is 2. The first kappa shape index (κ1) is 26.8. The number of ether oxygens (including phenoxy) is 1. The summed E-state index contributed by atoms with van der Waals surface area (Å²) in [6.07, 6.45) is 0.748. The molecule has 2 aromatic carbocycles. The molecule has 1 aliphatic rings. The Labute approximate surface area is 212 Å². The molecule has 0 radical (unpaired) electrons. The monoisotopic (exact) mass is 569 g/mol. The lowest BCUT2D eigenvalue weighted by molar-refractivity contribution is 0.0963. The Morgan fingerprint density at radius 2 is 1.91 bits per heavy atom. The molecule has 0 unspecified atom stereocenters. The lowest BCUT2D eigenvalue weighted by Gasteiger charge is -2.29. The summed E-state index contributed by atoms with van der Waals surface area (Å²) in [5.41, 5.74) is 3.14. The predicted molar refractivity (Wildman–Crippen MR) is 141 cm³/mol. The van der Waals surface area contributed by atoms with Crippen LogP contribution in [0.3, 0.4) is 0 Å². The number of aliphatic imine (C=N–C) groups is 1. The first-order valence-electron chi connectivity index (χ1n) is 11.0. The van der Waals surface area contributed by atoms with Gasteiger partial charge in [0.15, 0.2) is 5.96 Å². The normalized spacial score (nSPS) is 13.8. The lowest BCUT2D eigenvalue weighted by atomic mass is 10.1. The largest absolute Gasteiger partial charge is 0.378 e. The number of nitrogens with one attached hydrogen (secondary N) is 3. The molecule has 7 nitrogen and oxygen atoms in total. The maximum absolute atomic E-state index is 14.6. The van der Waals surface area contributed by atoms with E-state index >= 15 is 0 Å². The Morgan fingerprint density at radius 1 is 1.12 bits per heavy atom. The topological polar surface area (TPSA) is 78.0 Å². The van der Waals surface area contributed by atoms with Crippen molar-refractivity contribution >= 4 is 41.5 Å². The third-order valence-corrected chi connectivity index (χ3v) is 5.25. The fraction of sp³-hybridized carbons (Fsp3) is 0.417. The van der Waals surface area contributed by atoms with Gasteiger partial charge in [-0.15, -0.1) is 24.0 Å². The van der Waals surface area contributed by atoms with E-state index in [1.165, 1.54) is 0 Å². The molecule has 1 fully saturated rings. The van der Waals surface area contributed by atoms with Crippen molar-refractivity contribution in [3.8, 4) is 0 Å². The van der Waals surface area contributed by atoms with E-state index in [-0.39, 0.29) is 35.7 Å². The lowest BCUT2D eigenvalue weighted by Crippen LogP contribution is -2.38. The average Bonchev–Trinajstić information content (AvgIpc) is 2.83. The minimum absolute atomic E-state index is 0. The quantitative estimate of drug-likeness (QED) is 0.259. The highest BCUT2D eigenvalue weighted by atomic mass is 127. The van der Waals surface area contributed by atoms with Gasteiger partial charge in [-0.1, -0.05) is 18.2 Å². The summed E-state index contributed by atoms with van der Waals surface area (Å²) in [7, 11) is 1.62. The van der Waals surface area contributed by atoms with E-state index in [1.54, 1.807) is 19.2 Å². The highest BCUT2D eigenvalue weighted by molar-refractivity contribution is 14.0. The number of hydrogen-bond acceptors (Lipinski definition) is 4. The van der Waals surface area contributed by atoms with E-state index in [2.05, 4.69) is 20.9 Å². The molecule has 3 N–H and O–H groups in total. The number of morpholine rings is 1. The summed E-state index contributed by atoms with van der Waals surface area (Å²) in [5, 5.41) is 9.16. The van der Waals surface area contributed by atoms with Gasteiger partial charge in [0.25, 0.3) is 5.91 Å². The molecule has 1 heterocycles. The molecule has 0 aromatic heterocycles. The molecule has 0 bridgehead atoms. The number of amides is 1. The molecular formula is C24H33FIN5O2. The van der Waals surface area contributed by atoms with Crippen LogP contribution in [0.1, 0.15) is 28.4 Å². The van der Waals surface area contributed by atoms with Gasteiger partial charge in [0.1, 0.15) is 5.82 Å². The van der Waals surface area contributed by atoms with E-state index in [1.807, 2.05) is 42.2 Å². The molecular weight excluding hydrogens is 536 g/mol. The van der Waals surface area contributed by atoms with Gasteiger partial charge < -0.3 is 25.6 Å². The summed E-state index contributed by atoms with van der Waals surface area (Å²) in [6.45, 7) is 6.42. The zero-order valence-electron chi connectivity index (χ0n) is 19.2. The minimum Gasteiger partial charge on any atom is -0.378 e. The zero-order chi connectivity index (χ0) is 22.8. The van der Waals surface area contributed by atoms with Crippen LogP contribution >= 0.6 is 24.0 Å². The third kappa shape index (κ3) is 8.15. The van der Waals surface area contributed by atoms with Crippen molar-refractivity contribution in [2.45, 2.75) is 19.9 Å². The Bertz CT molecular complexity index is 935. The van der Waals surface area contributed by atoms with Crippen LogP contribution in [0.4, 0.5) is 10.1 Å².